The molecule has 0 saturated carbocycles. The lowest BCUT2D eigenvalue weighted by Gasteiger charge is -2.18. The van der Waals surface area contributed by atoms with Crippen molar-refractivity contribution >= 4 is 17.4 Å². The average molecular weight is 304 g/mol. The van der Waals surface area contributed by atoms with Gasteiger partial charge in [-0.25, -0.2) is 4.79 Å². The number of thiophene rings is 1. The molecule has 0 radical (unpaired) electrons. The Morgan fingerprint density at radius 3 is 2.62 bits per heavy atom. The van der Waals surface area contributed by atoms with E-state index < -0.39 is 0 Å². The van der Waals surface area contributed by atoms with E-state index in [1.54, 1.807) is 11.3 Å². The first-order valence-electron chi connectivity index (χ1n) is 6.93. The highest BCUT2D eigenvalue weighted by Gasteiger charge is 2.14. The lowest BCUT2D eigenvalue weighted by molar-refractivity contribution is 0.216. The monoisotopic (exact) mass is 304 g/mol. The summed E-state index contributed by atoms with van der Waals surface area (Å²) in [6.07, 6.45) is 0. The second-order valence-electron chi connectivity index (χ2n) is 4.96. The van der Waals surface area contributed by atoms with E-state index in [-0.39, 0.29) is 24.6 Å². The number of rotatable bonds is 6. The fourth-order valence-electron chi connectivity index (χ4n) is 2.05. The fraction of sp³-hybridized carbons (Fsp3) is 0.312. The third-order valence-corrected chi connectivity index (χ3v) is 4.07. The van der Waals surface area contributed by atoms with Crippen LogP contribution in [0.2, 0.25) is 0 Å². The van der Waals surface area contributed by atoms with Crippen LogP contribution in [0.3, 0.4) is 0 Å². The van der Waals surface area contributed by atoms with E-state index in [0.29, 0.717) is 6.54 Å². The van der Waals surface area contributed by atoms with E-state index in [4.69, 9.17) is 0 Å². The maximum Gasteiger partial charge on any atom is 0.315 e. The maximum absolute atomic E-state index is 11.9. The molecule has 112 valence electrons. The van der Waals surface area contributed by atoms with Crippen molar-refractivity contribution in [3.63, 3.8) is 0 Å². The molecule has 21 heavy (non-hydrogen) atoms. The molecule has 1 aromatic heterocycles. The Morgan fingerprint density at radius 1 is 1.24 bits per heavy atom. The highest BCUT2D eigenvalue weighted by molar-refractivity contribution is 7.07. The van der Waals surface area contributed by atoms with Crippen LogP contribution >= 0.6 is 11.3 Å². The average Bonchev–Trinajstić information content (AvgIpc) is 3.05. The number of aliphatic hydroxyl groups is 1. The van der Waals surface area contributed by atoms with Crippen molar-refractivity contribution in [3.8, 4) is 0 Å². The van der Waals surface area contributed by atoms with Crippen molar-refractivity contribution in [1.82, 2.24) is 10.6 Å². The lowest BCUT2D eigenvalue weighted by Crippen LogP contribution is -2.40. The topological polar surface area (TPSA) is 61.4 Å². The van der Waals surface area contributed by atoms with Gasteiger partial charge in [0.1, 0.15) is 0 Å². The van der Waals surface area contributed by atoms with Gasteiger partial charge in [0.2, 0.25) is 0 Å². The number of nitrogens with one attached hydrogen (secondary N) is 2. The third-order valence-electron chi connectivity index (χ3n) is 3.37. The second kappa shape index (κ2) is 7.81. The van der Waals surface area contributed by atoms with Gasteiger partial charge in [-0.05, 0) is 33.9 Å². The fourth-order valence-corrected chi connectivity index (χ4v) is 2.83. The molecule has 2 amide bonds. The first-order valence-corrected chi connectivity index (χ1v) is 7.87. The van der Waals surface area contributed by atoms with E-state index in [1.165, 1.54) is 5.56 Å². The normalized spacial score (nSPS) is 13.4. The molecule has 0 bridgehead atoms. The minimum Gasteiger partial charge on any atom is -0.394 e. The van der Waals surface area contributed by atoms with Crippen molar-refractivity contribution < 1.29 is 9.90 Å². The Hall–Kier alpha value is -1.85. The standard InChI is InChI=1S/C16H20N2O2S/c1-12(14-7-8-21-11-14)9-17-16(20)18-15(10-19)13-5-3-2-4-6-13/h2-8,11-12,15,19H,9-10H2,1H3,(H2,17,18,20)/t12-,15-/m1/s1. The molecule has 0 aliphatic carbocycles. The smallest absolute Gasteiger partial charge is 0.315 e. The molecule has 2 atom stereocenters. The molecular weight excluding hydrogens is 284 g/mol. The molecule has 0 spiro atoms. The van der Waals surface area contributed by atoms with E-state index in [9.17, 15) is 9.90 Å². The van der Waals surface area contributed by atoms with E-state index in [2.05, 4.69) is 29.0 Å². The SMILES string of the molecule is C[C@H](CNC(=O)N[C@H](CO)c1ccccc1)c1ccsc1. The molecule has 2 rings (SSSR count). The van der Waals surface area contributed by atoms with Gasteiger partial charge in [-0.2, -0.15) is 11.3 Å². The highest BCUT2D eigenvalue weighted by Crippen LogP contribution is 2.17. The van der Waals surface area contributed by atoms with Crippen LogP contribution in [0.4, 0.5) is 4.79 Å². The Labute approximate surface area is 128 Å². The minimum absolute atomic E-state index is 0.127. The molecule has 4 nitrogen and oxygen atoms in total. The number of benzene rings is 1. The van der Waals surface area contributed by atoms with E-state index >= 15 is 0 Å². The van der Waals surface area contributed by atoms with E-state index in [0.717, 1.165) is 5.56 Å². The number of aliphatic hydroxyl groups excluding tert-OH is 1. The maximum atomic E-state index is 11.9. The van der Waals surface area contributed by atoms with Gasteiger partial charge in [0, 0.05) is 6.54 Å². The van der Waals surface area contributed by atoms with Gasteiger partial charge >= 0.3 is 6.03 Å². The number of hydrogen-bond donors (Lipinski definition) is 3. The molecule has 0 fully saturated rings. The van der Waals surface area contributed by atoms with Gasteiger partial charge in [0.15, 0.2) is 0 Å². The number of carbonyl (C=O) groups is 1. The van der Waals surface area contributed by atoms with Crippen LogP contribution < -0.4 is 10.6 Å². The predicted molar refractivity (Wildman–Crippen MR) is 85.5 cm³/mol. The largest absolute Gasteiger partial charge is 0.394 e. The first kappa shape index (κ1) is 15.5. The molecule has 2 aromatic rings. The minimum atomic E-state index is -0.386. The quantitative estimate of drug-likeness (QED) is 0.768. The Kier molecular flexibility index (Phi) is 5.78. The summed E-state index contributed by atoms with van der Waals surface area (Å²) in [5, 5.41) is 19.2. The summed E-state index contributed by atoms with van der Waals surface area (Å²) in [6, 6.07) is 10.9. The summed E-state index contributed by atoms with van der Waals surface area (Å²) < 4.78 is 0. The van der Waals surface area contributed by atoms with Crippen molar-refractivity contribution in [2.24, 2.45) is 0 Å². The van der Waals surface area contributed by atoms with Gasteiger partial charge < -0.3 is 15.7 Å². The zero-order valence-electron chi connectivity index (χ0n) is 12.0. The number of carbonyl (C=O) groups excluding carboxylic acids is 1. The Bertz CT molecular complexity index is 543. The Morgan fingerprint density at radius 2 is 2.00 bits per heavy atom. The van der Waals surface area contributed by atoms with Crippen molar-refractivity contribution in [1.29, 1.82) is 0 Å². The van der Waals surface area contributed by atoms with Crippen molar-refractivity contribution in [3.05, 3.63) is 58.3 Å². The summed E-state index contributed by atoms with van der Waals surface area (Å²) in [5.41, 5.74) is 2.11. The number of hydrogen-bond acceptors (Lipinski definition) is 3. The summed E-state index contributed by atoms with van der Waals surface area (Å²) in [4.78, 5) is 11.9. The lowest BCUT2D eigenvalue weighted by atomic mass is 10.1. The van der Waals surface area contributed by atoms with Crippen LogP contribution in [0, 0.1) is 0 Å². The third kappa shape index (κ3) is 4.58. The molecule has 5 heteroatoms. The number of amides is 2. The van der Waals surface area contributed by atoms with Crippen LogP contribution in [0.25, 0.3) is 0 Å². The van der Waals surface area contributed by atoms with E-state index in [1.807, 2.05) is 35.7 Å². The molecule has 0 aliphatic heterocycles. The molecule has 0 aliphatic rings. The Balaban J connectivity index is 1.83. The van der Waals surface area contributed by atoms with Crippen molar-refractivity contribution in [2.45, 2.75) is 18.9 Å². The van der Waals surface area contributed by atoms with Gasteiger partial charge in [-0.3, -0.25) is 0 Å². The molecule has 1 aromatic carbocycles. The van der Waals surface area contributed by atoms with Crippen molar-refractivity contribution in [2.75, 3.05) is 13.2 Å². The second-order valence-corrected chi connectivity index (χ2v) is 5.74. The predicted octanol–water partition coefficient (Wildman–Crippen LogP) is 2.88. The summed E-state index contributed by atoms with van der Waals surface area (Å²) >= 11 is 1.65. The molecular formula is C16H20N2O2S. The molecule has 0 saturated heterocycles. The number of urea groups is 1. The van der Waals surface area contributed by atoms with Gasteiger partial charge in [0.05, 0.1) is 12.6 Å². The van der Waals surface area contributed by atoms with Gasteiger partial charge in [-0.15, -0.1) is 0 Å². The van der Waals surface area contributed by atoms with Gasteiger partial charge in [-0.1, -0.05) is 37.3 Å². The molecule has 0 unspecified atom stereocenters. The summed E-state index contributed by atoms with van der Waals surface area (Å²) in [6.45, 7) is 2.51. The zero-order valence-corrected chi connectivity index (χ0v) is 12.8. The van der Waals surface area contributed by atoms with Crippen LogP contribution in [0.15, 0.2) is 47.2 Å². The highest BCUT2D eigenvalue weighted by atomic mass is 32.1. The van der Waals surface area contributed by atoms with Crippen LogP contribution in [-0.4, -0.2) is 24.3 Å². The molecule has 3 N–H and O–H groups in total. The summed E-state index contributed by atoms with van der Waals surface area (Å²) in [7, 11) is 0. The zero-order chi connectivity index (χ0) is 15.1. The van der Waals surface area contributed by atoms with Crippen LogP contribution in [0.5, 0.6) is 0 Å². The molecule has 1 heterocycles. The van der Waals surface area contributed by atoms with Crippen LogP contribution in [-0.2, 0) is 0 Å². The first-order chi connectivity index (χ1) is 10.2. The van der Waals surface area contributed by atoms with Crippen LogP contribution in [0.1, 0.15) is 30.0 Å². The van der Waals surface area contributed by atoms with Gasteiger partial charge in [0.25, 0.3) is 0 Å². The summed E-state index contributed by atoms with van der Waals surface area (Å²) in [5.74, 6) is 0.270.